The van der Waals surface area contributed by atoms with Gasteiger partial charge in [0.1, 0.15) is 0 Å². The van der Waals surface area contributed by atoms with E-state index in [1.165, 1.54) is 0 Å². The molecule has 0 radical (unpaired) electrons. The molecule has 0 aliphatic rings. The predicted molar refractivity (Wildman–Crippen MR) is 72.8 cm³/mol. The van der Waals surface area contributed by atoms with E-state index in [1.807, 2.05) is 68.1 Å². The highest BCUT2D eigenvalue weighted by Crippen LogP contribution is 2.49. The van der Waals surface area contributed by atoms with Gasteiger partial charge >= 0.3 is 0 Å². The number of rotatable bonds is 4. The first-order chi connectivity index (χ1) is 7.44. The summed E-state index contributed by atoms with van der Waals surface area (Å²) >= 11 is 1.63. The third kappa shape index (κ3) is 2.35. The van der Waals surface area contributed by atoms with E-state index in [0.717, 1.165) is 10.2 Å². The van der Waals surface area contributed by atoms with Gasteiger partial charge in [0.2, 0.25) is 7.44 Å². The molecule has 1 aromatic carbocycles. The van der Waals surface area contributed by atoms with Gasteiger partial charge in [-0.05, 0) is 46.6 Å². The molecule has 0 aliphatic carbocycles. The molecule has 1 rings (SSSR count). The molecule has 0 fully saturated rings. The second-order valence-corrected chi connectivity index (χ2v) is 7.93. The van der Waals surface area contributed by atoms with Crippen molar-refractivity contribution < 1.29 is 4.57 Å². The van der Waals surface area contributed by atoms with Crippen molar-refractivity contribution >= 4 is 24.5 Å². The van der Waals surface area contributed by atoms with Crippen molar-refractivity contribution in [3.05, 3.63) is 24.3 Å². The molecule has 16 heavy (non-hydrogen) atoms. The maximum absolute atomic E-state index is 13.0. The molecule has 0 saturated carbocycles. The minimum atomic E-state index is -2.62. The third-order valence-electron chi connectivity index (χ3n) is 2.48. The minimum Gasteiger partial charge on any atom is -0.284 e. The molecule has 1 aromatic rings. The topological polar surface area (TPSA) is 23.6 Å². The summed E-state index contributed by atoms with van der Waals surface area (Å²) in [5.41, 5.74) is 0. The zero-order valence-electron chi connectivity index (χ0n) is 10.5. The summed E-state index contributed by atoms with van der Waals surface area (Å²) in [6.45, 7) is 0. The standard InChI is InChI=1S/C11H19N2OPS/c1-12(2)15(14,13(3)4)10-8-6-7-9-11(10)16-5/h6-9H,1-5H3. The highest BCUT2D eigenvalue weighted by molar-refractivity contribution is 7.99. The van der Waals surface area contributed by atoms with Crippen LogP contribution >= 0.6 is 19.2 Å². The van der Waals surface area contributed by atoms with E-state index in [4.69, 9.17) is 0 Å². The molecule has 0 saturated heterocycles. The van der Waals surface area contributed by atoms with Crippen LogP contribution in [0.5, 0.6) is 0 Å². The summed E-state index contributed by atoms with van der Waals surface area (Å²) in [5.74, 6) is 0. The van der Waals surface area contributed by atoms with Gasteiger partial charge in [0, 0.05) is 4.90 Å². The van der Waals surface area contributed by atoms with Crippen LogP contribution in [-0.4, -0.2) is 43.8 Å². The summed E-state index contributed by atoms with van der Waals surface area (Å²) in [6.07, 6.45) is 2.01. The quantitative estimate of drug-likeness (QED) is 0.611. The number of nitrogens with zero attached hydrogens (tertiary/aromatic N) is 2. The molecule has 3 nitrogen and oxygen atoms in total. The molecule has 0 bridgehead atoms. The largest absolute Gasteiger partial charge is 0.284 e. The predicted octanol–water partition coefficient (Wildman–Crippen LogP) is 2.35. The van der Waals surface area contributed by atoms with Gasteiger partial charge in [0.05, 0.1) is 5.30 Å². The molecule has 0 amide bonds. The SMILES string of the molecule is CSc1ccccc1P(=O)(N(C)C)N(C)C. The van der Waals surface area contributed by atoms with Gasteiger partial charge in [0.25, 0.3) is 0 Å². The fourth-order valence-electron chi connectivity index (χ4n) is 1.66. The van der Waals surface area contributed by atoms with Gasteiger partial charge in [0.15, 0.2) is 0 Å². The number of benzene rings is 1. The van der Waals surface area contributed by atoms with Gasteiger partial charge in [-0.1, -0.05) is 12.1 Å². The van der Waals surface area contributed by atoms with Crippen LogP contribution in [0.1, 0.15) is 0 Å². The van der Waals surface area contributed by atoms with Crippen LogP contribution in [-0.2, 0) is 4.57 Å². The highest BCUT2D eigenvalue weighted by atomic mass is 32.2. The van der Waals surface area contributed by atoms with E-state index >= 15 is 0 Å². The second kappa shape index (κ2) is 5.37. The van der Waals surface area contributed by atoms with E-state index in [1.54, 1.807) is 11.8 Å². The lowest BCUT2D eigenvalue weighted by molar-refractivity contribution is 0.459. The van der Waals surface area contributed by atoms with Gasteiger partial charge in [-0.3, -0.25) is 4.57 Å². The third-order valence-corrected chi connectivity index (χ3v) is 6.62. The molecule has 0 N–H and O–H groups in total. The first-order valence-corrected chi connectivity index (χ1v) is 7.87. The van der Waals surface area contributed by atoms with E-state index in [9.17, 15) is 4.57 Å². The molecule has 0 heterocycles. The number of thioether (sulfide) groups is 1. The average Bonchev–Trinajstić information content (AvgIpc) is 2.27. The Morgan fingerprint density at radius 3 is 2.00 bits per heavy atom. The lowest BCUT2D eigenvalue weighted by Gasteiger charge is -2.31. The molecular weight excluding hydrogens is 239 g/mol. The first-order valence-electron chi connectivity index (χ1n) is 5.03. The Hall–Kier alpha value is -0.280. The normalized spacial score (nSPS) is 12.4. The van der Waals surface area contributed by atoms with Crippen molar-refractivity contribution in [1.29, 1.82) is 0 Å². The van der Waals surface area contributed by atoms with E-state index in [0.29, 0.717) is 0 Å². The van der Waals surface area contributed by atoms with Crippen LogP contribution in [0, 0.1) is 0 Å². The van der Waals surface area contributed by atoms with Crippen molar-refractivity contribution in [1.82, 2.24) is 9.34 Å². The molecule has 5 heteroatoms. The fourth-order valence-corrected chi connectivity index (χ4v) is 5.00. The Morgan fingerprint density at radius 2 is 1.56 bits per heavy atom. The molecular formula is C11H19N2OPS. The molecule has 0 aliphatic heterocycles. The second-order valence-electron chi connectivity index (χ2n) is 3.91. The van der Waals surface area contributed by atoms with Crippen molar-refractivity contribution in [3.63, 3.8) is 0 Å². The zero-order chi connectivity index (χ0) is 12.3. The number of hydrogen-bond acceptors (Lipinski definition) is 2. The van der Waals surface area contributed by atoms with Crippen LogP contribution in [0.15, 0.2) is 29.2 Å². The van der Waals surface area contributed by atoms with Crippen LogP contribution in [0.3, 0.4) is 0 Å². The smallest absolute Gasteiger partial charge is 0.245 e. The van der Waals surface area contributed by atoms with Crippen LogP contribution in [0.4, 0.5) is 0 Å². The Balaban J connectivity index is 3.38. The summed E-state index contributed by atoms with van der Waals surface area (Å²) in [4.78, 5) is 1.08. The van der Waals surface area contributed by atoms with E-state index in [2.05, 4.69) is 0 Å². The van der Waals surface area contributed by atoms with Crippen molar-refractivity contribution in [2.24, 2.45) is 0 Å². The van der Waals surface area contributed by atoms with Gasteiger partial charge in [-0.15, -0.1) is 11.8 Å². The summed E-state index contributed by atoms with van der Waals surface area (Å²) in [6, 6.07) is 7.88. The average molecular weight is 258 g/mol. The fraction of sp³-hybridized carbons (Fsp3) is 0.455. The molecule has 0 aromatic heterocycles. The van der Waals surface area contributed by atoms with Gasteiger partial charge in [-0.2, -0.15) is 0 Å². The Kier molecular flexibility index (Phi) is 4.62. The van der Waals surface area contributed by atoms with Crippen molar-refractivity contribution in [2.75, 3.05) is 34.4 Å². The highest BCUT2D eigenvalue weighted by Gasteiger charge is 2.32. The maximum Gasteiger partial charge on any atom is 0.245 e. The molecule has 0 atom stereocenters. The summed E-state index contributed by atoms with van der Waals surface area (Å²) < 4.78 is 16.6. The summed E-state index contributed by atoms with van der Waals surface area (Å²) in [5, 5.41) is 0.914. The van der Waals surface area contributed by atoms with Crippen molar-refractivity contribution in [3.8, 4) is 0 Å². The Morgan fingerprint density at radius 1 is 1.06 bits per heavy atom. The maximum atomic E-state index is 13.0. The minimum absolute atomic E-state index is 0.914. The van der Waals surface area contributed by atoms with Crippen LogP contribution < -0.4 is 5.30 Å². The molecule has 0 unspecified atom stereocenters. The Bertz CT molecular complexity index is 395. The number of hydrogen-bond donors (Lipinski definition) is 0. The zero-order valence-corrected chi connectivity index (χ0v) is 12.2. The van der Waals surface area contributed by atoms with Crippen molar-refractivity contribution in [2.45, 2.75) is 4.90 Å². The molecule has 90 valence electrons. The van der Waals surface area contributed by atoms with E-state index < -0.39 is 7.44 Å². The summed E-state index contributed by atoms with van der Waals surface area (Å²) in [7, 11) is 4.81. The lowest BCUT2D eigenvalue weighted by Crippen LogP contribution is -2.29. The van der Waals surface area contributed by atoms with E-state index in [-0.39, 0.29) is 0 Å². The van der Waals surface area contributed by atoms with Crippen LogP contribution in [0.25, 0.3) is 0 Å². The monoisotopic (exact) mass is 258 g/mol. The van der Waals surface area contributed by atoms with Gasteiger partial charge < -0.3 is 0 Å². The van der Waals surface area contributed by atoms with Gasteiger partial charge in [-0.25, -0.2) is 9.34 Å². The molecule has 0 spiro atoms. The first kappa shape index (κ1) is 13.8. The Labute approximate surface area is 102 Å². The van der Waals surface area contributed by atoms with Crippen LogP contribution in [0.2, 0.25) is 0 Å². The lowest BCUT2D eigenvalue weighted by atomic mass is 10.4.